The average Bonchev–Trinajstić information content (AvgIpc) is 2.37. The highest BCUT2D eigenvalue weighted by molar-refractivity contribution is 5.78. The molecule has 1 saturated heterocycles. The molecule has 1 aliphatic heterocycles. The topological polar surface area (TPSA) is 60.9 Å². The number of hydrogen-bond donors (Lipinski definition) is 1. The Hall–Kier alpha value is -1.10. The van der Waals surface area contributed by atoms with E-state index in [0.717, 1.165) is 19.5 Å². The third-order valence-corrected chi connectivity index (χ3v) is 3.77. The van der Waals surface area contributed by atoms with E-state index < -0.39 is 11.9 Å². The Labute approximate surface area is 115 Å². The lowest BCUT2D eigenvalue weighted by molar-refractivity contribution is -0.143. The molecule has 1 fully saturated rings. The minimum absolute atomic E-state index is 0.131. The average molecular weight is 270 g/mol. The normalized spacial score (nSPS) is 21.5. The maximum Gasteiger partial charge on any atom is 0.307 e. The molecule has 0 bridgehead atoms. The summed E-state index contributed by atoms with van der Waals surface area (Å²) in [5, 5.41) is 8.92. The molecule has 0 spiro atoms. The van der Waals surface area contributed by atoms with Gasteiger partial charge in [0.15, 0.2) is 0 Å². The van der Waals surface area contributed by atoms with Crippen molar-refractivity contribution in [3.05, 3.63) is 0 Å². The van der Waals surface area contributed by atoms with Crippen LogP contribution in [0.1, 0.15) is 33.6 Å². The van der Waals surface area contributed by atoms with E-state index in [4.69, 9.17) is 5.11 Å². The van der Waals surface area contributed by atoms with E-state index in [0.29, 0.717) is 25.6 Å². The zero-order valence-electron chi connectivity index (χ0n) is 12.3. The summed E-state index contributed by atoms with van der Waals surface area (Å²) in [5.41, 5.74) is 0. The van der Waals surface area contributed by atoms with Crippen molar-refractivity contribution in [1.82, 2.24) is 9.80 Å². The molecule has 19 heavy (non-hydrogen) atoms. The van der Waals surface area contributed by atoms with Crippen molar-refractivity contribution in [2.24, 2.45) is 11.8 Å². The van der Waals surface area contributed by atoms with Crippen LogP contribution in [0, 0.1) is 11.8 Å². The molecule has 2 atom stereocenters. The third kappa shape index (κ3) is 5.19. The van der Waals surface area contributed by atoms with Crippen LogP contribution < -0.4 is 0 Å². The standard InChI is InChI=1S/C14H26N2O3/c1-4-15(9-12(3)14(18)19)10-13(17)16-7-5-6-11(2)8-16/h11-12H,4-10H2,1-3H3,(H,18,19). The number of piperidine rings is 1. The smallest absolute Gasteiger partial charge is 0.307 e. The fourth-order valence-electron chi connectivity index (χ4n) is 2.48. The summed E-state index contributed by atoms with van der Waals surface area (Å²) in [6.07, 6.45) is 2.27. The number of rotatable bonds is 6. The maximum absolute atomic E-state index is 12.2. The molecule has 5 heteroatoms. The molecule has 110 valence electrons. The molecule has 0 aromatic heterocycles. The molecule has 1 heterocycles. The quantitative estimate of drug-likeness (QED) is 0.790. The van der Waals surface area contributed by atoms with Gasteiger partial charge in [-0.15, -0.1) is 0 Å². The van der Waals surface area contributed by atoms with Crippen LogP contribution in [0.15, 0.2) is 0 Å². The van der Waals surface area contributed by atoms with Crippen molar-refractivity contribution in [3.63, 3.8) is 0 Å². The van der Waals surface area contributed by atoms with Crippen LogP contribution in [0.5, 0.6) is 0 Å². The summed E-state index contributed by atoms with van der Waals surface area (Å²) in [5.74, 6) is -0.540. The van der Waals surface area contributed by atoms with Gasteiger partial charge in [0.2, 0.25) is 5.91 Å². The molecule has 0 radical (unpaired) electrons. The molecule has 1 N–H and O–H groups in total. The Bertz CT molecular complexity index is 320. The molecule has 1 rings (SSSR count). The maximum atomic E-state index is 12.2. The summed E-state index contributed by atoms with van der Waals surface area (Å²) in [6, 6.07) is 0. The first-order chi connectivity index (χ1) is 8.93. The molecule has 0 aromatic rings. The van der Waals surface area contributed by atoms with Crippen LogP contribution >= 0.6 is 0 Å². The van der Waals surface area contributed by atoms with Gasteiger partial charge in [-0.3, -0.25) is 14.5 Å². The van der Waals surface area contributed by atoms with Crippen LogP contribution in [-0.4, -0.2) is 59.5 Å². The Balaban J connectivity index is 2.46. The van der Waals surface area contributed by atoms with Gasteiger partial charge in [-0.1, -0.05) is 20.8 Å². The number of carboxylic acid groups (broad SMARTS) is 1. The van der Waals surface area contributed by atoms with Gasteiger partial charge in [-0.2, -0.15) is 0 Å². The van der Waals surface area contributed by atoms with Crippen molar-refractivity contribution in [1.29, 1.82) is 0 Å². The SMILES string of the molecule is CCN(CC(=O)N1CCCC(C)C1)CC(C)C(=O)O. The van der Waals surface area contributed by atoms with E-state index in [1.54, 1.807) is 6.92 Å². The van der Waals surface area contributed by atoms with Crippen LogP contribution in [-0.2, 0) is 9.59 Å². The van der Waals surface area contributed by atoms with E-state index in [1.165, 1.54) is 6.42 Å². The highest BCUT2D eigenvalue weighted by atomic mass is 16.4. The number of amides is 1. The van der Waals surface area contributed by atoms with Crippen molar-refractivity contribution < 1.29 is 14.7 Å². The van der Waals surface area contributed by atoms with Crippen molar-refractivity contribution in [3.8, 4) is 0 Å². The second kappa shape index (κ2) is 7.48. The summed E-state index contributed by atoms with van der Waals surface area (Å²) in [6.45, 7) is 8.96. The van der Waals surface area contributed by atoms with Crippen molar-refractivity contribution in [2.75, 3.05) is 32.7 Å². The van der Waals surface area contributed by atoms with E-state index in [9.17, 15) is 9.59 Å². The first kappa shape index (κ1) is 16.0. The number of carboxylic acids is 1. The molecule has 0 aromatic carbocycles. The Kier molecular flexibility index (Phi) is 6.28. The minimum atomic E-state index is -0.808. The minimum Gasteiger partial charge on any atom is -0.481 e. The number of likely N-dealkylation sites (N-methyl/N-ethyl adjacent to an activating group) is 1. The zero-order valence-corrected chi connectivity index (χ0v) is 12.3. The molecular formula is C14H26N2O3. The van der Waals surface area contributed by atoms with Gasteiger partial charge in [0.05, 0.1) is 12.5 Å². The fourth-order valence-corrected chi connectivity index (χ4v) is 2.48. The summed E-state index contributed by atoms with van der Waals surface area (Å²) in [7, 11) is 0. The predicted molar refractivity (Wildman–Crippen MR) is 73.9 cm³/mol. The van der Waals surface area contributed by atoms with Crippen molar-refractivity contribution >= 4 is 11.9 Å². The lowest BCUT2D eigenvalue weighted by atomic mass is 10.0. The Morgan fingerprint density at radius 2 is 2.16 bits per heavy atom. The molecular weight excluding hydrogens is 244 g/mol. The summed E-state index contributed by atoms with van der Waals surface area (Å²) >= 11 is 0. The van der Waals surface area contributed by atoms with Crippen LogP contribution in [0.2, 0.25) is 0 Å². The van der Waals surface area contributed by atoms with E-state index >= 15 is 0 Å². The summed E-state index contributed by atoms with van der Waals surface area (Å²) < 4.78 is 0. The molecule has 0 aliphatic carbocycles. The molecule has 5 nitrogen and oxygen atoms in total. The fraction of sp³-hybridized carbons (Fsp3) is 0.857. The third-order valence-electron chi connectivity index (χ3n) is 3.77. The second-order valence-corrected chi connectivity index (χ2v) is 5.65. The van der Waals surface area contributed by atoms with Gasteiger partial charge >= 0.3 is 5.97 Å². The van der Waals surface area contributed by atoms with Crippen molar-refractivity contribution in [2.45, 2.75) is 33.6 Å². The van der Waals surface area contributed by atoms with Gasteiger partial charge in [0.1, 0.15) is 0 Å². The number of likely N-dealkylation sites (tertiary alicyclic amines) is 1. The van der Waals surface area contributed by atoms with Crippen LogP contribution in [0.3, 0.4) is 0 Å². The van der Waals surface area contributed by atoms with Gasteiger partial charge in [0.25, 0.3) is 0 Å². The Morgan fingerprint density at radius 1 is 1.47 bits per heavy atom. The molecule has 0 saturated carbocycles. The van der Waals surface area contributed by atoms with Gasteiger partial charge < -0.3 is 10.0 Å². The van der Waals surface area contributed by atoms with Gasteiger partial charge in [0, 0.05) is 19.6 Å². The number of carbonyl (C=O) groups is 2. The zero-order chi connectivity index (χ0) is 14.4. The number of aliphatic carboxylic acids is 1. The number of carbonyl (C=O) groups excluding carboxylic acids is 1. The van der Waals surface area contributed by atoms with E-state index in [2.05, 4.69) is 6.92 Å². The highest BCUT2D eigenvalue weighted by Gasteiger charge is 2.23. The molecule has 1 aliphatic rings. The highest BCUT2D eigenvalue weighted by Crippen LogP contribution is 2.15. The van der Waals surface area contributed by atoms with E-state index in [1.807, 2.05) is 16.7 Å². The largest absolute Gasteiger partial charge is 0.481 e. The number of nitrogens with zero attached hydrogens (tertiary/aromatic N) is 2. The molecule has 1 amide bonds. The first-order valence-electron chi connectivity index (χ1n) is 7.17. The molecule has 2 unspecified atom stereocenters. The first-order valence-corrected chi connectivity index (χ1v) is 7.17. The lowest BCUT2D eigenvalue weighted by Crippen LogP contribution is -2.45. The predicted octanol–water partition coefficient (Wildman–Crippen LogP) is 1.29. The monoisotopic (exact) mass is 270 g/mol. The van der Waals surface area contributed by atoms with Crippen LogP contribution in [0.4, 0.5) is 0 Å². The van der Waals surface area contributed by atoms with Gasteiger partial charge in [-0.05, 0) is 25.3 Å². The summed E-state index contributed by atoms with van der Waals surface area (Å²) in [4.78, 5) is 26.9. The second-order valence-electron chi connectivity index (χ2n) is 5.65. The van der Waals surface area contributed by atoms with Gasteiger partial charge in [-0.25, -0.2) is 0 Å². The van der Waals surface area contributed by atoms with Crippen LogP contribution in [0.25, 0.3) is 0 Å². The van der Waals surface area contributed by atoms with E-state index in [-0.39, 0.29) is 5.91 Å². The number of hydrogen-bond acceptors (Lipinski definition) is 3. The lowest BCUT2D eigenvalue weighted by Gasteiger charge is -2.33. The Morgan fingerprint density at radius 3 is 2.68 bits per heavy atom.